The first-order valence-electron chi connectivity index (χ1n) is 8.74. The van der Waals surface area contributed by atoms with Crippen LogP contribution < -0.4 is 10.9 Å². The second kappa shape index (κ2) is 7.43. The predicted octanol–water partition coefficient (Wildman–Crippen LogP) is 1.51. The molecule has 0 atom stereocenters. The van der Waals surface area contributed by atoms with E-state index in [2.05, 4.69) is 20.4 Å². The molecule has 1 aromatic carbocycles. The van der Waals surface area contributed by atoms with Crippen molar-refractivity contribution in [2.24, 2.45) is 7.05 Å². The van der Waals surface area contributed by atoms with Gasteiger partial charge in [-0.25, -0.2) is 4.98 Å². The van der Waals surface area contributed by atoms with Gasteiger partial charge in [0, 0.05) is 43.3 Å². The molecule has 0 saturated heterocycles. The molecule has 8 heteroatoms. The van der Waals surface area contributed by atoms with Crippen molar-refractivity contribution in [2.45, 2.75) is 13.1 Å². The minimum absolute atomic E-state index is 0.0909. The Bertz CT molecular complexity index is 1210. The van der Waals surface area contributed by atoms with Crippen molar-refractivity contribution < 1.29 is 4.79 Å². The summed E-state index contributed by atoms with van der Waals surface area (Å²) < 4.78 is 3.03. The lowest BCUT2D eigenvalue weighted by molar-refractivity contribution is -0.121. The van der Waals surface area contributed by atoms with Gasteiger partial charge in [-0.1, -0.05) is 12.1 Å². The van der Waals surface area contributed by atoms with E-state index in [-0.39, 0.29) is 18.0 Å². The van der Waals surface area contributed by atoms with E-state index in [1.165, 1.54) is 10.9 Å². The molecule has 3 heterocycles. The molecule has 3 aromatic heterocycles. The number of amides is 1. The van der Waals surface area contributed by atoms with E-state index < -0.39 is 0 Å². The fourth-order valence-electron chi connectivity index (χ4n) is 2.94. The molecular weight excluding hydrogens is 356 g/mol. The van der Waals surface area contributed by atoms with Gasteiger partial charge in [0.2, 0.25) is 5.91 Å². The van der Waals surface area contributed by atoms with Crippen LogP contribution in [0.2, 0.25) is 0 Å². The number of pyridine rings is 1. The Kier molecular flexibility index (Phi) is 4.67. The summed E-state index contributed by atoms with van der Waals surface area (Å²) in [5.74, 6) is -0.272. The molecule has 0 aliphatic rings. The Balaban J connectivity index is 1.44. The zero-order chi connectivity index (χ0) is 19.5. The van der Waals surface area contributed by atoms with Crippen LogP contribution in [-0.2, 0) is 24.9 Å². The molecule has 4 rings (SSSR count). The highest BCUT2D eigenvalue weighted by molar-refractivity contribution is 5.78. The smallest absolute Gasteiger partial charge is 0.261 e. The number of nitrogens with one attached hydrogen (secondary N) is 1. The zero-order valence-electron chi connectivity index (χ0n) is 15.2. The summed E-state index contributed by atoms with van der Waals surface area (Å²) in [6.45, 7) is 0.224. The SMILES string of the molecule is Cn1cc(-c2cncc(CNC(=O)Cn3cnc4ccccc4c3=O)c2)cn1. The molecule has 0 bridgehead atoms. The van der Waals surface area contributed by atoms with Gasteiger partial charge in [-0.2, -0.15) is 5.10 Å². The number of rotatable bonds is 5. The molecular formula is C20H18N6O2. The largest absolute Gasteiger partial charge is 0.350 e. The first-order valence-corrected chi connectivity index (χ1v) is 8.74. The van der Waals surface area contributed by atoms with Crippen LogP contribution in [0.15, 0.2) is 66.2 Å². The van der Waals surface area contributed by atoms with Gasteiger partial charge in [-0.05, 0) is 23.8 Å². The van der Waals surface area contributed by atoms with Crippen LogP contribution in [0.4, 0.5) is 0 Å². The molecule has 1 N–H and O–H groups in total. The minimum Gasteiger partial charge on any atom is -0.350 e. The Hall–Kier alpha value is -3.81. The molecule has 28 heavy (non-hydrogen) atoms. The number of para-hydroxylation sites is 1. The van der Waals surface area contributed by atoms with Crippen LogP contribution >= 0.6 is 0 Å². The predicted molar refractivity (Wildman–Crippen MR) is 104 cm³/mol. The summed E-state index contributed by atoms with van der Waals surface area (Å²) in [5, 5.41) is 7.47. The third-order valence-electron chi connectivity index (χ3n) is 4.37. The van der Waals surface area contributed by atoms with E-state index in [1.807, 2.05) is 25.4 Å². The first kappa shape index (κ1) is 17.6. The van der Waals surface area contributed by atoms with E-state index in [0.717, 1.165) is 16.7 Å². The number of hydrogen-bond donors (Lipinski definition) is 1. The standard InChI is InChI=1S/C20H18N6O2/c1-25-11-16(10-24-25)15-6-14(7-21-9-15)8-22-19(27)12-26-13-23-18-5-3-2-4-17(18)20(26)28/h2-7,9-11,13H,8,12H2,1H3,(H,22,27). The van der Waals surface area contributed by atoms with Crippen molar-refractivity contribution in [3.63, 3.8) is 0 Å². The summed E-state index contributed by atoms with van der Waals surface area (Å²) in [6, 6.07) is 9.02. The lowest BCUT2D eigenvalue weighted by Gasteiger charge is -2.08. The number of aryl methyl sites for hydroxylation is 1. The molecule has 0 radical (unpaired) electrons. The van der Waals surface area contributed by atoms with E-state index >= 15 is 0 Å². The van der Waals surface area contributed by atoms with Crippen molar-refractivity contribution in [1.29, 1.82) is 0 Å². The Labute approximate surface area is 160 Å². The summed E-state index contributed by atoms with van der Waals surface area (Å²) in [6.07, 6.45) is 8.51. The van der Waals surface area contributed by atoms with Crippen molar-refractivity contribution in [3.8, 4) is 11.1 Å². The van der Waals surface area contributed by atoms with Gasteiger partial charge in [-0.15, -0.1) is 0 Å². The minimum atomic E-state index is -0.272. The average molecular weight is 374 g/mol. The van der Waals surface area contributed by atoms with Crippen molar-refractivity contribution in [2.75, 3.05) is 0 Å². The number of fused-ring (bicyclic) bond motifs is 1. The third-order valence-corrected chi connectivity index (χ3v) is 4.37. The highest BCUT2D eigenvalue weighted by Crippen LogP contribution is 2.18. The van der Waals surface area contributed by atoms with Crippen molar-refractivity contribution in [1.82, 2.24) is 29.6 Å². The van der Waals surface area contributed by atoms with E-state index in [1.54, 1.807) is 41.5 Å². The third kappa shape index (κ3) is 3.66. The lowest BCUT2D eigenvalue weighted by Crippen LogP contribution is -2.32. The fourth-order valence-corrected chi connectivity index (χ4v) is 2.94. The maximum absolute atomic E-state index is 12.5. The summed E-state index contributed by atoms with van der Waals surface area (Å²) in [7, 11) is 1.85. The normalized spacial score (nSPS) is 10.9. The average Bonchev–Trinajstić information content (AvgIpc) is 3.15. The van der Waals surface area contributed by atoms with Crippen molar-refractivity contribution in [3.05, 3.63) is 77.4 Å². The topological polar surface area (TPSA) is 94.7 Å². The number of hydrogen-bond acceptors (Lipinski definition) is 5. The van der Waals surface area contributed by atoms with E-state index in [9.17, 15) is 9.59 Å². The van der Waals surface area contributed by atoms with Gasteiger partial charge in [0.25, 0.3) is 5.56 Å². The maximum atomic E-state index is 12.5. The van der Waals surface area contributed by atoms with Gasteiger partial charge in [0.15, 0.2) is 0 Å². The molecule has 0 spiro atoms. The Morgan fingerprint density at radius 3 is 2.82 bits per heavy atom. The van der Waals surface area contributed by atoms with Crippen molar-refractivity contribution >= 4 is 16.8 Å². The highest BCUT2D eigenvalue weighted by Gasteiger charge is 2.09. The number of carbonyl (C=O) groups is 1. The van der Waals surface area contributed by atoms with E-state index in [4.69, 9.17) is 0 Å². The Morgan fingerprint density at radius 2 is 2.00 bits per heavy atom. The van der Waals surface area contributed by atoms with E-state index in [0.29, 0.717) is 17.4 Å². The van der Waals surface area contributed by atoms with Gasteiger partial charge >= 0.3 is 0 Å². The molecule has 0 saturated carbocycles. The van der Waals surface area contributed by atoms with Crippen LogP contribution in [0, 0.1) is 0 Å². The number of aromatic nitrogens is 5. The number of benzene rings is 1. The molecule has 0 aliphatic heterocycles. The molecule has 0 unspecified atom stereocenters. The molecule has 0 fully saturated rings. The highest BCUT2D eigenvalue weighted by atomic mass is 16.2. The van der Waals surface area contributed by atoms with Gasteiger partial charge < -0.3 is 5.32 Å². The summed E-state index contributed by atoms with van der Waals surface area (Å²) >= 11 is 0. The molecule has 4 aromatic rings. The molecule has 8 nitrogen and oxygen atoms in total. The number of carbonyl (C=O) groups excluding carboxylic acids is 1. The van der Waals surface area contributed by atoms with Crippen LogP contribution in [0.3, 0.4) is 0 Å². The Morgan fingerprint density at radius 1 is 1.14 bits per heavy atom. The summed E-state index contributed by atoms with van der Waals surface area (Å²) in [5.41, 5.74) is 3.12. The fraction of sp³-hybridized carbons (Fsp3) is 0.150. The maximum Gasteiger partial charge on any atom is 0.261 e. The second-order valence-electron chi connectivity index (χ2n) is 6.46. The van der Waals surface area contributed by atoms with Crippen LogP contribution in [0.1, 0.15) is 5.56 Å². The zero-order valence-corrected chi connectivity index (χ0v) is 15.2. The second-order valence-corrected chi connectivity index (χ2v) is 6.46. The number of nitrogens with zero attached hydrogens (tertiary/aromatic N) is 5. The molecule has 140 valence electrons. The monoisotopic (exact) mass is 374 g/mol. The molecule has 1 amide bonds. The lowest BCUT2D eigenvalue weighted by atomic mass is 10.1. The van der Waals surface area contributed by atoms with Crippen LogP contribution in [0.5, 0.6) is 0 Å². The van der Waals surface area contributed by atoms with Crippen LogP contribution in [0.25, 0.3) is 22.0 Å². The van der Waals surface area contributed by atoms with Gasteiger partial charge in [0.05, 0.1) is 23.4 Å². The van der Waals surface area contributed by atoms with Gasteiger partial charge in [0.1, 0.15) is 6.54 Å². The quantitative estimate of drug-likeness (QED) is 0.571. The molecule has 0 aliphatic carbocycles. The van der Waals surface area contributed by atoms with Crippen LogP contribution in [-0.4, -0.2) is 30.2 Å². The summed E-state index contributed by atoms with van der Waals surface area (Å²) in [4.78, 5) is 33.2. The van der Waals surface area contributed by atoms with Gasteiger partial charge in [-0.3, -0.25) is 23.8 Å². The first-order chi connectivity index (χ1) is 13.6.